The number of fused-ring (bicyclic) bond motifs is 1. The van der Waals surface area contributed by atoms with Crippen molar-refractivity contribution in [3.63, 3.8) is 0 Å². The molecule has 0 radical (unpaired) electrons. The Hall–Kier alpha value is -2.79. The summed E-state index contributed by atoms with van der Waals surface area (Å²) >= 11 is 0. The molecule has 1 aromatic heterocycles. The maximum atomic E-state index is 12.5. The van der Waals surface area contributed by atoms with Crippen molar-refractivity contribution >= 4 is 16.8 Å². The van der Waals surface area contributed by atoms with Crippen molar-refractivity contribution in [2.45, 2.75) is 19.3 Å². The zero-order valence-electron chi connectivity index (χ0n) is 16.8. The SMILES string of the molecule is O=C(CCCOc1ccccc1)N1CCN(CCc2c[nH]c3ccccc23)CC1. The number of hydrogen-bond acceptors (Lipinski definition) is 3. The number of aromatic amines is 1. The van der Waals surface area contributed by atoms with Gasteiger partial charge in [-0.3, -0.25) is 9.69 Å². The van der Waals surface area contributed by atoms with Crippen molar-refractivity contribution in [2.24, 2.45) is 0 Å². The summed E-state index contributed by atoms with van der Waals surface area (Å²) in [4.78, 5) is 20.3. The molecule has 1 fully saturated rings. The third-order valence-corrected chi connectivity index (χ3v) is 5.64. The molecule has 0 saturated carbocycles. The van der Waals surface area contributed by atoms with E-state index in [1.165, 1.54) is 16.5 Å². The number of hydrogen-bond donors (Lipinski definition) is 1. The lowest BCUT2D eigenvalue weighted by Crippen LogP contribution is -2.49. The summed E-state index contributed by atoms with van der Waals surface area (Å²) in [5, 5.41) is 1.32. The number of ether oxygens (including phenoxy) is 1. The van der Waals surface area contributed by atoms with E-state index in [2.05, 4.69) is 40.3 Å². The van der Waals surface area contributed by atoms with Crippen molar-refractivity contribution in [2.75, 3.05) is 39.3 Å². The van der Waals surface area contributed by atoms with Crippen LogP contribution in [0.25, 0.3) is 10.9 Å². The van der Waals surface area contributed by atoms with Crippen LogP contribution in [0.15, 0.2) is 60.8 Å². The lowest BCUT2D eigenvalue weighted by molar-refractivity contribution is -0.133. The molecule has 1 aliphatic heterocycles. The van der Waals surface area contributed by atoms with Crippen LogP contribution in [-0.4, -0.2) is 60.0 Å². The molecule has 1 aliphatic rings. The quantitative estimate of drug-likeness (QED) is 0.596. The summed E-state index contributed by atoms with van der Waals surface area (Å²) in [7, 11) is 0. The number of para-hydroxylation sites is 2. The molecule has 152 valence electrons. The van der Waals surface area contributed by atoms with Crippen LogP contribution in [0.3, 0.4) is 0 Å². The first-order valence-electron chi connectivity index (χ1n) is 10.5. The van der Waals surface area contributed by atoms with E-state index < -0.39 is 0 Å². The van der Waals surface area contributed by atoms with E-state index in [0.29, 0.717) is 13.0 Å². The van der Waals surface area contributed by atoms with Gasteiger partial charge < -0.3 is 14.6 Å². The molecule has 1 N–H and O–H groups in total. The molecule has 1 saturated heterocycles. The second-order valence-electron chi connectivity index (χ2n) is 7.60. The van der Waals surface area contributed by atoms with Gasteiger partial charge in [0.05, 0.1) is 6.61 Å². The normalized spacial score (nSPS) is 15.0. The van der Waals surface area contributed by atoms with Gasteiger partial charge in [-0.05, 0) is 36.6 Å². The average Bonchev–Trinajstić information content (AvgIpc) is 3.19. The van der Waals surface area contributed by atoms with Gasteiger partial charge in [0.1, 0.15) is 5.75 Å². The second kappa shape index (κ2) is 9.61. The molecule has 4 rings (SSSR count). The van der Waals surface area contributed by atoms with E-state index in [-0.39, 0.29) is 5.91 Å². The molecule has 0 aliphatic carbocycles. The van der Waals surface area contributed by atoms with Gasteiger partial charge in [-0.25, -0.2) is 0 Å². The average molecular weight is 392 g/mol. The summed E-state index contributed by atoms with van der Waals surface area (Å²) in [6.07, 6.45) is 4.48. The van der Waals surface area contributed by atoms with Crippen molar-refractivity contribution in [1.82, 2.24) is 14.8 Å². The van der Waals surface area contributed by atoms with E-state index in [9.17, 15) is 4.79 Å². The topological polar surface area (TPSA) is 48.6 Å². The summed E-state index contributed by atoms with van der Waals surface area (Å²) in [6, 6.07) is 18.2. The number of nitrogens with zero attached hydrogens (tertiary/aromatic N) is 2. The lowest BCUT2D eigenvalue weighted by atomic mass is 10.1. The van der Waals surface area contributed by atoms with Gasteiger partial charge in [0.15, 0.2) is 0 Å². The van der Waals surface area contributed by atoms with E-state index >= 15 is 0 Å². The number of aromatic nitrogens is 1. The highest BCUT2D eigenvalue weighted by Crippen LogP contribution is 2.18. The first kappa shape index (κ1) is 19.5. The zero-order chi connectivity index (χ0) is 19.9. The molecule has 5 nitrogen and oxygen atoms in total. The predicted octanol–water partition coefficient (Wildman–Crippen LogP) is 3.71. The van der Waals surface area contributed by atoms with Gasteiger partial charge >= 0.3 is 0 Å². The number of piperazine rings is 1. The van der Waals surface area contributed by atoms with Gasteiger partial charge in [0, 0.05) is 56.2 Å². The monoisotopic (exact) mass is 391 g/mol. The zero-order valence-corrected chi connectivity index (χ0v) is 16.8. The standard InChI is InChI=1S/C24H29N3O2/c28-24(11-6-18-29-21-7-2-1-3-8-21)27-16-14-26(15-17-27)13-12-20-19-25-23-10-5-4-9-22(20)23/h1-5,7-10,19,25H,6,11-18H2. The number of nitrogens with one attached hydrogen (secondary N) is 1. The smallest absolute Gasteiger partial charge is 0.222 e. The lowest BCUT2D eigenvalue weighted by Gasteiger charge is -2.34. The Bertz CT molecular complexity index is 914. The Morgan fingerprint density at radius 1 is 0.966 bits per heavy atom. The van der Waals surface area contributed by atoms with Gasteiger partial charge in [0.2, 0.25) is 5.91 Å². The Labute approximate surface area is 172 Å². The van der Waals surface area contributed by atoms with Crippen LogP contribution in [0.2, 0.25) is 0 Å². The first-order chi connectivity index (χ1) is 14.3. The molecule has 0 bridgehead atoms. The fourth-order valence-corrected chi connectivity index (χ4v) is 3.93. The van der Waals surface area contributed by atoms with Crippen molar-refractivity contribution in [1.29, 1.82) is 0 Å². The predicted molar refractivity (Wildman–Crippen MR) is 116 cm³/mol. The molecule has 0 unspecified atom stereocenters. The number of carbonyl (C=O) groups is 1. The molecule has 2 heterocycles. The maximum Gasteiger partial charge on any atom is 0.222 e. The molecule has 29 heavy (non-hydrogen) atoms. The Morgan fingerprint density at radius 2 is 1.72 bits per heavy atom. The first-order valence-corrected chi connectivity index (χ1v) is 10.5. The highest BCUT2D eigenvalue weighted by molar-refractivity contribution is 5.83. The van der Waals surface area contributed by atoms with Crippen LogP contribution < -0.4 is 4.74 Å². The minimum Gasteiger partial charge on any atom is -0.494 e. The number of rotatable bonds is 8. The summed E-state index contributed by atoms with van der Waals surface area (Å²) in [6.45, 7) is 5.18. The molecular weight excluding hydrogens is 362 g/mol. The number of H-pyrrole nitrogens is 1. The summed E-state index contributed by atoms with van der Waals surface area (Å²) in [5.41, 5.74) is 2.58. The third-order valence-electron chi connectivity index (χ3n) is 5.64. The molecular formula is C24H29N3O2. The van der Waals surface area contributed by atoms with E-state index in [1.54, 1.807) is 0 Å². The highest BCUT2D eigenvalue weighted by atomic mass is 16.5. The van der Waals surface area contributed by atoms with E-state index in [4.69, 9.17) is 4.74 Å². The second-order valence-corrected chi connectivity index (χ2v) is 7.60. The van der Waals surface area contributed by atoms with E-state index in [1.807, 2.05) is 35.2 Å². The van der Waals surface area contributed by atoms with Crippen molar-refractivity contribution < 1.29 is 9.53 Å². The van der Waals surface area contributed by atoms with Gasteiger partial charge in [0.25, 0.3) is 0 Å². The largest absolute Gasteiger partial charge is 0.494 e. The number of carbonyl (C=O) groups excluding carboxylic acids is 1. The number of benzene rings is 2. The summed E-state index contributed by atoms with van der Waals surface area (Å²) < 4.78 is 5.68. The molecule has 3 aromatic rings. The minimum absolute atomic E-state index is 0.248. The van der Waals surface area contributed by atoms with Crippen LogP contribution in [-0.2, 0) is 11.2 Å². The minimum atomic E-state index is 0.248. The van der Waals surface area contributed by atoms with Crippen molar-refractivity contribution in [3.05, 3.63) is 66.4 Å². The van der Waals surface area contributed by atoms with Gasteiger partial charge in [-0.2, -0.15) is 0 Å². The van der Waals surface area contributed by atoms with Crippen LogP contribution in [0, 0.1) is 0 Å². The fraction of sp³-hybridized carbons (Fsp3) is 0.375. The molecule has 2 aromatic carbocycles. The van der Waals surface area contributed by atoms with Crippen molar-refractivity contribution in [3.8, 4) is 5.75 Å². The molecule has 5 heteroatoms. The Balaban J connectivity index is 1.15. The van der Waals surface area contributed by atoms with Crippen LogP contribution in [0.1, 0.15) is 18.4 Å². The third kappa shape index (κ3) is 5.18. The van der Waals surface area contributed by atoms with Crippen LogP contribution in [0.5, 0.6) is 5.75 Å². The highest BCUT2D eigenvalue weighted by Gasteiger charge is 2.20. The molecule has 0 spiro atoms. The van der Waals surface area contributed by atoms with Gasteiger partial charge in [-0.1, -0.05) is 36.4 Å². The summed E-state index contributed by atoms with van der Waals surface area (Å²) in [5.74, 6) is 1.11. The Morgan fingerprint density at radius 3 is 2.55 bits per heavy atom. The van der Waals surface area contributed by atoms with Gasteiger partial charge in [-0.15, -0.1) is 0 Å². The Kier molecular flexibility index (Phi) is 6.47. The van der Waals surface area contributed by atoms with Crippen LogP contribution >= 0.6 is 0 Å². The maximum absolute atomic E-state index is 12.5. The number of amides is 1. The molecule has 0 atom stereocenters. The van der Waals surface area contributed by atoms with E-state index in [0.717, 1.165) is 51.3 Å². The molecule has 1 amide bonds. The van der Waals surface area contributed by atoms with Crippen LogP contribution in [0.4, 0.5) is 0 Å². The fourth-order valence-electron chi connectivity index (χ4n) is 3.93.